The van der Waals surface area contributed by atoms with Gasteiger partial charge < -0.3 is 0 Å². The molecular formula is C24H14BrClS. The number of rotatable bonds is 2. The molecule has 0 unspecified atom stereocenters. The Morgan fingerprint density at radius 2 is 1.30 bits per heavy atom. The van der Waals surface area contributed by atoms with E-state index in [4.69, 9.17) is 11.6 Å². The van der Waals surface area contributed by atoms with Crippen molar-refractivity contribution in [3.8, 4) is 22.3 Å². The first-order chi connectivity index (χ1) is 13.2. The molecule has 130 valence electrons. The highest BCUT2D eigenvalue weighted by atomic mass is 79.9. The van der Waals surface area contributed by atoms with Gasteiger partial charge in [0.25, 0.3) is 0 Å². The van der Waals surface area contributed by atoms with Crippen LogP contribution in [0.1, 0.15) is 0 Å². The predicted molar refractivity (Wildman–Crippen MR) is 123 cm³/mol. The van der Waals surface area contributed by atoms with Gasteiger partial charge in [0.15, 0.2) is 0 Å². The fourth-order valence-corrected chi connectivity index (χ4v) is 5.56. The Balaban J connectivity index is 1.57. The van der Waals surface area contributed by atoms with Crippen LogP contribution in [0, 0.1) is 0 Å². The maximum absolute atomic E-state index is 6.12. The maximum atomic E-state index is 6.12. The topological polar surface area (TPSA) is 0 Å². The second-order valence-electron chi connectivity index (χ2n) is 6.51. The van der Waals surface area contributed by atoms with Crippen LogP contribution in [0.5, 0.6) is 0 Å². The Morgan fingerprint density at radius 3 is 2.04 bits per heavy atom. The van der Waals surface area contributed by atoms with Crippen LogP contribution in [0.2, 0.25) is 5.02 Å². The van der Waals surface area contributed by atoms with Crippen LogP contribution in [0.15, 0.2) is 89.4 Å². The number of benzene rings is 4. The Kier molecular flexibility index (Phi) is 4.28. The van der Waals surface area contributed by atoms with E-state index in [9.17, 15) is 0 Å². The minimum Gasteiger partial charge on any atom is -0.135 e. The van der Waals surface area contributed by atoms with E-state index in [-0.39, 0.29) is 0 Å². The normalized spacial score (nSPS) is 11.3. The summed E-state index contributed by atoms with van der Waals surface area (Å²) in [6.07, 6.45) is 0. The fraction of sp³-hybridized carbons (Fsp3) is 0. The Hall–Kier alpha value is -2.13. The van der Waals surface area contributed by atoms with Gasteiger partial charge in [0.2, 0.25) is 0 Å². The summed E-state index contributed by atoms with van der Waals surface area (Å²) in [6.45, 7) is 0. The van der Waals surface area contributed by atoms with E-state index in [1.54, 1.807) is 0 Å². The van der Waals surface area contributed by atoms with Crippen molar-refractivity contribution in [1.29, 1.82) is 0 Å². The lowest BCUT2D eigenvalue weighted by molar-refractivity contribution is 1.60. The Bertz CT molecular complexity index is 1290. The highest BCUT2D eigenvalue weighted by Gasteiger charge is 2.09. The number of hydrogen-bond acceptors (Lipinski definition) is 1. The molecule has 0 aliphatic heterocycles. The molecular weight excluding hydrogens is 436 g/mol. The number of fused-ring (bicyclic) bond motifs is 3. The SMILES string of the molecule is Clc1cccc(-c2ccc(-c3ccc4c(c3)sc3cccc(Br)c34)cc2)c1. The fourth-order valence-electron chi connectivity index (χ4n) is 3.49. The second kappa shape index (κ2) is 6.79. The molecule has 0 nitrogen and oxygen atoms in total. The molecule has 1 heterocycles. The van der Waals surface area contributed by atoms with Gasteiger partial charge in [-0.1, -0.05) is 82.1 Å². The smallest absolute Gasteiger partial charge is 0.0412 e. The van der Waals surface area contributed by atoms with E-state index in [0.29, 0.717) is 0 Å². The van der Waals surface area contributed by atoms with Crippen LogP contribution >= 0.6 is 38.9 Å². The molecule has 1 aromatic heterocycles. The molecule has 0 fully saturated rings. The largest absolute Gasteiger partial charge is 0.135 e. The third-order valence-electron chi connectivity index (χ3n) is 4.82. The van der Waals surface area contributed by atoms with E-state index in [0.717, 1.165) is 15.1 Å². The predicted octanol–water partition coefficient (Wildman–Crippen LogP) is 8.80. The monoisotopic (exact) mass is 448 g/mol. The lowest BCUT2D eigenvalue weighted by atomic mass is 9.99. The highest BCUT2D eigenvalue weighted by Crippen LogP contribution is 2.39. The average Bonchev–Trinajstić information content (AvgIpc) is 3.07. The standard InChI is InChI=1S/C24H14BrClS/c25-21-5-2-6-22-24(21)20-12-11-18(14-23(20)27-22)16-9-7-15(8-10-16)17-3-1-4-19(26)13-17/h1-14H. The molecule has 3 heteroatoms. The summed E-state index contributed by atoms with van der Waals surface area (Å²) in [7, 11) is 0. The molecule has 0 radical (unpaired) electrons. The zero-order valence-corrected chi connectivity index (χ0v) is 17.4. The molecule has 0 N–H and O–H groups in total. The molecule has 5 rings (SSSR count). The van der Waals surface area contributed by atoms with Gasteiger partial charge in [0.1, 0.15) is 0 Å². The summed E-state index contributed by atoms with van der Waals surface area (Å²) in [6, 6.07) is 29.8. The number of thiophene rings is 1. The lowest BCUT2D eigenvalue weighted by Gasteiger charge is -2.06. The first-order valence-electron chi connectivity index (χ1n) is 8.66. The van der Waals surface area contributed by atoms with Crippen LogP contribution in [0.4, 0.5) is 0 Å². The van der Waals surface area contributed by atoms with Gasteiger partial charge >= 0.3 is 0 Å². The summed E-state index contributed by atoms with van der Waals surface area (Å²) >= 11 is 11.7. The third kappa shape index (κ3) is 3.08. The summed E-state index contributed by atoms with van der Waals surface area (Å²) in [5.74, 6) is 0. The highest BCUT2D eigenvalue weighted by molar-refractivity contribution is 9.10. The number of hydrogen-bond donors (Lipinski definition) is 0. The van der Waals surface area contributed by atoms with E-state index >= 15 is 0 Å². The zero-order valence-electron chi connectivity index (χ0n) is 14.2. The van der Waals surface area contributed by atoms with Gasteiger partial charge in [-0.25, -0.2) is 0 Å². The van der Waals surface area contributed by atoms with Gasteiger partial charge in [-0.05, 0) is 52.6 Å². The van der Waals surface area contributed by atoms with Crippen molar-refractivity contribution in [2.45, 2.75) is 0 Å². The molecule has 5 aromatic rings. The molecule has 0 saturated heterocycles. The minimum atomic E-state index is 0.762. The quantitative estimate of drug-likeness (QED) is 0.252. The molecule has 0 bridgehead atoms. The van der Waals surface area contributed by atoms with Crippen molar-refractivity contribution >= 4 is 59.0 Å². The first-order valence-corrected chi connectivity index (χ1v) is 10.6. The third-order valence-corrected chi connectivity index (χ3v) is 6.84. The molecule has 0 aliphatic carbocycles. The van der Waals surface area contributed by atoms with Crippen molar-refractivity contribution in [2.24, 2.45) is 0 Å². The molecule has 0 aliphatic rings. The number of halogens is 2. The first kappa shape index (κ1) is 17.0. The molecule has 0 spiro atoms. The molecule has 0 amide bonds. The van der Waals surface area contributed by atoms with Crippen LogP contribution in [-0.4, -0.2) is 0 Å². The van der Waals surface area contributed by atoms with Crippen molar-refractivity contribution < 1.29 is 0 Å². The summed E-state index contributed by atoms with van der Waals surface area (Å²) in [5, 5.41) is 3.38. The Labute approximate surface area is 175 Å². The molecule has 4 aromatic carbocycles. The van der Waals surface area contributed by atoms with Gasteiger partial charge in [-0.2, -0.15) is 0 Å². The second-order valence-corrected chi connectivity index (χ2v) is 8.89. The van der Waals surface area contributed by atoms with Crippen LogP contribution < -0.4 is 0 Å². The van der Waals surface area contributed by atoms with Crippen molar-refractivity contribution in [2.75, 3.05) is 0 Å². The summed E-state index contributed by atoms with van der Waals surface area (Å²) < 4.78 is 3.78. The van der Waals surface area contributed by atoms with Gasteiger partial charge in [0, 0.05) is 29.7 Å². The molecule has 0 saturated carbocycles. The van der Waals surface area contributed by atoms with Crippen LogP contribution in [0.25, 0.3) is 42.4 Å². The van der Waals surface area contributed by atoms with E-state index in [2.05, 4.69) is 82.7 Å². The van der Waals surface area contributed by atoms with E-state index in [1.807, 2.05) is 29.5 Å². The van der Waals surface area contributed by atoms with Crippen molar-refractivity contribution in [3.63, 3.8) is 0 Å². The van der Waals surface area contributed by atoms with Crippen LogP contribution in [-0.2, 0) is 0 Å². The van der Waals surface area contributed by atoms with E-state index < -0.39 is 0 Å². The minimum absolute atomic E-state index is 0.762. The van der Waals surface area contributed by atoms with Gasteiger partial charge in [0.05, 0.1) is 0 Å². The summed E-state index contributed by atoms with van der Waals surface area (Å²) in [4.78, 5) is 0. The van der Waals surface area contributed by atoms with E-state index in [1.165, 1.54) is 36.9 Å². The maximum Gasteiger partial charge on any atom is 0.0412 e. The lowest BCUT2D eigenvalue weighted by Crippen LogP contribution is -1.80. The zero-order chi connectivity index (χ0) is 18.4. The van der Waals surface area contributed by atoms with Crippen molar-refractivity contribution in [3.05, 3.63) is 94.4 Å². The van der Waals surface area contributed by atoms with Gasteiger partial charge in [-0.15, -0.1) is 11.3 Å². The van der Waals surface area contributed by atoms with Crippen LogP contribution in [0.3, 0.4) is 0 Å². The average molecular weight is 450 g/mol. The summed E-state index contributed by atoms with van der Waals surface area (Å²) in [5.41, 5.74) is 4.77. The Morgan fingerprint density at radius 1 is 0.630 bits per heavy atom. The molecule has 27 heavy (non-hydrogen) atoms. The van der Waals surface area contributed by atoms with Crippen molar-refractivity contribution in [1.82, 2.24) is 0 Å². The molecule has 0 atom stereocenters. The van der Waals surface area contributed by atoms with Gasteiger partial charge in [-0.3, -0.25) is 0 Å².